The van der Waals surface area contributed by atoms with Crippen molar-refractivity contribution in [1.29, 1.82) is 0 Å². The van der Waals surface area contributed by atoms with Crippen molar-refractivity contribution in [3.63, 3.8) is 0 Å². The van der Waals surface area contributed by atoms with Gasteiger partial charge in [-0.25, -0.2) is 0 Å². The first-order chi connectivity index (χ1) is 8.25. The second kappa shape index (κ2) is 5.40. The Hall–Kier alpha value is -1.95. The van der Waals surface area contributed by atoms with E-state index in [-0.39, 0.29) is 0 Å². The molecule has 0 aliphatic heterocycles. The fraction of sp³-hybridized carbons (Fsp3) is 0.182. The van der Waals surface area contributed by atoms with E-state index in [1.54, 1.807) is 10.9 Å². The molecule has 5 nitrogen and oxygen atoms in total. The van der Waals surface area contributed by atoms with Gasteiger partial charge >= 0.3 is 0 Å². The number of nitrogens with one attached hydrogen (secondary N) is 1. The number of benzene rings is 1. The third-order valence-corrected chi connectivity index (χ3v) is 2.55. The maximum atomic E-state index is 5.52. The van der Waals surface area contributed by atoms with Crippen LogP contribution in [0.4, 0.5) is 5.69 Å². The fourth-order valence-corrected chi connectivity index (χ4v) is 1.56. The number of nitrogens with zero attached hydrogens (tertiary/aromatic N) is 3. The van der Waals surface area contributed by atoms with Crippen LogP contribution >= 0.6 is 12.2 Å². The number of aromatic nitrogens is 3. The summed E-state index contributed by atoms with van der Waals surface area (Å²) in [5, 5.41) is 10.9. The maximum absolute atomic E-state index is 5.52. The molecule has 0 saturated heterocycles. The molecule has 0 fully saturated rings. The van der Waals surface area contributed by atoms with E-state index in [9.17, 15) is 0 Å². The number of hydrogen-bond donors (Lipinski definition) is 2. The van der Waals surface area contributed by atoms with E-state index in [1.165, 1.54) is 0 Å². The lowest BCUT2D eigenvalue weighted by molar-refractivity contribution is 0.609. The summed E-state index contributed by atoms with van der Waals surface area (Å²) < 4.78 is 1.77. The van der Waals surface area contributed by atoms with Gasteiger partial charge in [0, 0.05) is 24.0 Å². The zero-order chi connectivity index (χ0) is 12.1. The molecule has 0 atom stereocenters. The molecule has 0 aliphatic carbocycles. The van der Waals surface area contributed by atoms with Crippen molar-refractivity contribution in [3.05, 3.63) is 42.2 Å². The zero-order valence-electron chi connectivity index (χ0n) is 9.21. The lowest BCUT2D eigenvalue weighted by atomic mass is 10.2. The molecule has 2 rings (SSSR count). The standard InChI is InChI=1S/C11H13N5S/c12-11(17)9-1-3-10(4-2-9)13-5-7-16-8-6-14-15-16/h1-4,6,8,13H,5,7H2,(H2,12,17). The minimum Gasteiger partial charge on any atom is -0.389 e. The van der Waals surface area contributed by atoms with Gasteiger partial charge in [-0.3, -0.25) is 4.68 Å². The van der Waals surface area contributed by atoms with Crippen molar-refractivity contribution >= 4 is 22.9 Å². The van der Waals surface area contributed by atoms with Crippen LogP contribution in [0.1, 0.15) is 5.56 Å². The monoisotopic (exact) mass is 247 g/mol. The normalized spacial score (nSPS) is 10.1. The van der Waals surface area contributed by atoms with Crippen molar-refractivity contribution < 1.29 is 0 Å². The summed E-state index contributed by atoms with van der Waals surface area (Å²) in [6.45, 7) is 1.56. The molecule has 0 bridgehead atoms. The molecule has 0 spiro atoms. The van der Waals surface area contributed by atoms with Crippen LogP contribution in [0.25, 0.3) is 0 Å². The molecule has 3 N–H and O–H groups in total. The number of nitrogens with two attached hydrogens (primary N) is 1. The molecule has 0 radical (unpaired) electrons. The Morgan fingerprint density at radius 2 is 2.12 bits per heavy atom. The van der Waals surface area contributed by atoms with Crippen molar-refractivity contribution in [2.24, 2.45) is 5.73 Å². The molecular weight excluding hydrogens is 234 g/mol. The van der Waals surface area contributed by atoms with Crippen molar-refractivity contribution in [3.8, 4) is 0 Å². The first kappa shape index (κ1) is 11.5. The van der Waals surface area contributed by atoms with Gasteiger partial charge in [0.05, 0.1) is 12.7 Å². The van der Waals surface area contributed by atoms with Gasteiger partial charge in [-0.2, -0.15) is 0 Å². The Morgan fingerprint density at radius 3 is 2.71 bits per heavy atom. The van der Waals surface area contributed by atoms with Gasteiger partial charge in [-0.15, -0.1) is 5.10 Å². The largest absolute Gasteiger partial charge is 0.389 e. The minimum absolute atomic E-state index is 0.416. The number of hydrogen-bond acceptors (Lipinski definition) is 4. The molecule has 0 unspecified atom stereocenters. The topological polar surface area (TPSA) is 68.8 Å². The second-order valence-corrected chi connectivity index (χ2v) is 3.97. The summed E-state index contributed by atoms with van der Waals surface area (Å²) in [6.07, 6.45) is 3.49. The van der Waals surface area contributed by atoms with Gasteiger partial charge < -0.3 is 11.1 Å². The van der Waals surface area contributed by atoms with Crippen LogP contribution in [0.15, 0.2) is 36.7 Å². The van der Waals surface area contributed by atoms with Crippen LogP contribution < -0.4 is 11.1 Å². The van der Waals surface area contributed by atoms with E-state index in [2.05, 4.69) is 15.6 Å². The van der Waals surface area contributed by atoms with E-state index < -0.39 is 0 Å². The number of thiocarbonyl (C=S) groups is 1. The van der Waals surface area contributed by atoms with Crippen molar-refractivity contribution in [2.45, 2.75) is 6.54 Å². The van der Waals surface area contributed by atoms with Crippen LogP contribution in [0.2, 0.25) is 0 Å². The fourth-order valence-electron chi connectivity index (χ4n) is 1.42. The van der Waals surface area contributed by atoms with Gasteiger partial charge in [0.1, 0.15) is 4.99 Å². The molecule has 0 saturated carbocycles. The Morgan fingerprint density at radius 1 is 1.35 bits per heavy atom. The Labute approximate surface area is 105 Å². The first-order valence-corrected chi connectivity index (χ1v) is 5.64. The number of anilines is 1. The van der Waals surface area contributed by atoms with Crippen molar-refractivity contribution in [1.82, 2.24) is 15.0 Å². The molecule has 0 amide bonds. The Kier molecular flexibility index (Phi) is 3.66. The highest BCUT2D eigenvalue weighted by Gasteiger charge is 1.96. The number of rotatable bonds is 5. The van der Waals surface area contributed by atoms with E-state index in [0.717, 1.165) is 24.3 Å². The third-order valence-electron chi connectivity index (χ3n) is 2.31. The van der Waals surface area contributed by atoms with Gasteiger partial charge in [-0.1, -0.05) is 17.4 Å². The van der Waals surface area contributed by atoms with E-state index >= 15 is 0 Å². The lowest BCUT2D eigenvalue weighted by Gasteiger charge is -2.06. The summed E-state index contributed by atoms with van der Waals surface area (Å²) in [5.74, 6) is 0. The first-order valence-electron chi connectivity index (χ1n) is 5.23. The summed E-state index contributed by atoms with van der Waals surface area (Å²) in [7, 11) is 0. The van der Waals surface area contributed by atoms with Crippen LogP contribution in [0.3, 0.4) is 0 Å². The molecule has 17 heavy (non-hydrogen) atoms. The highest BCUT2D eigenvalue weighted by Crippen LogP contribution is 2.09. The van der Waals surface area contributed by atoms with Gasteiger partial charge in [-0.05, 0) is 24.3 Å². The molecule has 6 heteroatoms. The minimum atomic E-state index is 0.416. The van der Waals surface area contributed by atoms with Crippen LogP contribution in [-0.2, 0) is 6.54 Å². The van der Waals surface area contributed by atoms with E-state index in [4.69, 9.17) is 18.0 Å². The Bertz CT molecular complexity index is 477. The summed E-state index contributed by atoms with van der Waals surface area (Å²) in [6, 6.07) is 7.71. The van der Waals surface area contributed by atoms with Gasteiger partial charge in [0.2, 0.25) is 0 Å². The van der Waals surface area contributed by atoms with E-state index in [1.807, 2.05) is 30.5 Å². The maximum Gasteiger partial charge on any atom is 0.103 e. The van der Waals surface area contributed by atoms with Crippen LogP contribution in [0, 0.1) is 0 Å². The van der Waals surface area contributed by atoms with Crippen molar-refractivity contribution in [2.75, 3.05) is 11.9 Å². The summed E-state index contributed by atoms with van der Waals surface area (Å²) >= 11 is 4.89. The summed E-state index contributed by atoms with van der Waals surface area (Å²) in [4.78, 5) is 0.416. The predicted molar refractivity (Wildman–Crippen MR) is 70.8 cm³/mol. The molecule has 1 heterocycles. The highest BCUT2D eigenvalue weighted by molar-refractivity contribution is 7.80. The Balaban J connectivity index is 1.85. The average molecular weight is 247 g/mol. The SMILES string of the molecule is NC(=S)c1ccc(NCCn2ccnn2)cc1. The molecule has 1 aromatic heterocycles. The molecule has 0 aliphatic rings. The lowest BCUT2D eigenvalue weighted by Crippen LogP contribution is -2.12. The quantitative estimate of drug-likeness (QED) is 0.772. The third kappa shape index (κ3) is 3.25. The molecule has 88 valence electrons. The van der Waals surface area contributed by atoms with Crippen LogP contribution in [-0.4, -0.2) is 26.5 Å². The van der Waals surface area contributed by atoms with Crippen LogP contribution in [0.5, 0.6) is 0 Å². The van der Waals surface area contributed by atoms with E-state index in [0.29, 0.717) is 4.99 Å². The molecule has 1 aromatic carbocycles. The summed E-state index contributed by atoms with van der Waals surface area (Å²) in [5.41, 5.74) is 7.43. The average Bonchev–Trinajstić information content (AvgIpc) is 2.83. The van der Waals surface area contributed by atoms with Gasteiger partial charge in [0.25, 0.3) is 0 Å². The molecular formula is C11H13N5S. The van der Waals surface area contributed by atoms with Gasteiger partial charge in [0.15, 0.2) is 0 Å². The smallest absolute Gasteiger partial charge is 0.103 e. The molecule has 2 aromatic rings. The zero-order valence-corrected chi connectivity index (χ0v) is 10.0. The predicted octanol–water partition coefficient (Wildman–Crippen LogP) is 1.02. The second-order valence-electron chi connectivity index (χ2n) is 3.53. The highest BCUT2D eigenvalue weighted by atomic mass is 32.1.